The van der Waals surface area contributed by atoms with Crippen molar-refractivity contribution in [3.63, 3.8) is 0 Å². The van der Waals surface area contributed by atoms with Crippen LogP contribution < -0.4 is 5.32 Å². The lowest BCUT2D eigenvalue weighted by Gasteiger charge is -2.30. The van der Waals surface area contributed by atoms with E-state index < -0.39 is 0 Å². The smallest absolute Gasteiger partial charge is 0.245 e. The Hall–Kier alpha value is -1.55. The molecule has 2 fully saturated rings. The lowest BCUT2D eigenvalue weighted by Crippen LogP contribution is -2.46. The van der Waals surface area contributed by atoms with Crippen molar-refractivity contribution in [2.24, 2.45) is 5.92 Å². The largest absolute Gasteiger partial charge is 0.344 e. The maximum atomic E-state index is 12.8. The topological polar surface area (TPSA) is 49.4 Å². The van der Waals surface area contributed by atoms with E-state index in [0.717, 1.165) is 18.4 Å². The molecule has 0 aromatic heterocycles. The number of benzene rings is 1. The van der Waals surface area contributed by atoms with Crippen LogP contribution in [0, 0.1) is 5.92 Å². The SMILES string of the molecule is CC(c1cccc(Cl)c1)N1CCC(=O)NC(C2CC2)C1=O. The molecule has 1 aliphatic heterocycles. The molecule has 1 saturated heterocycles. The van der Waals surface area contributed by atoms with Crippen molar-refractivity contribution in [2.75, 3.05) is 6.54 Å². The number of hydrogen-bond donors (Lipinski definition) is 1. The molecule has 2 amide bonds. The molecule has 0 bridgehead atoms. The van der Waals surface area contributed by atoms with Crippen molar-refractivity contribution in [1.29, 1.82) is 0 Å². The molecule has 5 heteroatoms. The second kappa shape index (κ2) is 5.68. The zero-order chi connectivity index (χ0) is 15.0. The molecule has 0 radical (unpaired) electrons. The van der Waals surface area contributed by atoms with E-state index in [1.807, 2.05) is 36.1 Å². The predicted molar refractivity (Wildman–Crippen MR) is 80.9 cm³/mol. The van der Waals surface area contributed by atoms with E-state index in [1.165, 1.54) is 0 Å². The highest BCUT2D eigenvalue weighted by atomic mass is 35.5. The summed E-state index contributed by atoms with van der Waals surface area (Å²) in [6, 6.07) is 7.13. The number of carbonyl (C=O) groups excluding carboxylic acids is 2. The van der Waals surface area contributed by atoms with E-state index in [9.17, 15) is 9.59 Å². The van der Waals surface area contributed by atoms with Crippen molar-refractivity contribution in [2.45, 2.75) is 38.3 Å². The Balaban J connectivity index is 1.84. The monoisotopic (exact) mass is 306 g/mol. The first kappa shape index (κ1) is 14.4. The van der Waals surface area contributed by atoms with Crippen LogP contribution in [0.5, 0.6) is 0 Å². The van der Waals surface area contributed by atoms with Crippen LogP contribution in [0.4, 0.5) is 0 Å². The minimum atomic E-state index is -0.346. The highest BCUT2D eigenvalue weighted by molar-refractivity contribution is 6.30. The number of nitrogens with zero attached hydrogens (tertiary/aromatic N) is 1. The Kier molecular flexibility index (Phi) is 3.89. The first-order valence-electron chi connectivity index (χ1n) is 7.41. The van der Waals surface area contributed by atoms with Crippen molar-refractivity contribution in [1.82, 2.24) is 10.2 Å². The molecule has 2 unspecified atom stereocenters. The molecule has 1 heterocycles. The van der Waals surface area contributed by atoms with Crippen LogP contribution in [0.25, 0.3) is 0 Å². The zero-order valence-corrected chi connectivity index (χ0v) is 12.8. The van der Waals surface area contributed by atoms with Gasteiger partial charge >= 0.3 is 0 Å². The summed E-state index contributed by atoms with van der Waals surface area (Å²) < 4.78 is 0. The predicted octanol–water partition coefficient (Wildman–Crippen LogP) is 2.53. The molecule has 0 spiro atoms. The van der Waals surface area contributed by atoms with Gasteiger partial charge < -0.3 is 10.2 Å². The fourth-order valence-corrected chi connectivity index (χ4v) is 3.10. The van der Waals surface area contributed by atoms with E-state index >= 15 is 0 Å². The number of nitrogens with one attached hydrogen (secondary N) is 1. The van der Waals surface area contributed by atoms with Gasteiger partial charge in [-0.2, -0.15) is 0 Å². The van der Waals surface area contributed by atoms with E-state index in [-0.39, 0.29) is 23.9 Å². The van der Waals surface area contributed by atoms with E-state index in [4.69, 9.17) is 11.6 Å². The molecule has 3 rings (SSSR count). The Morgan fingerprint density at radius 1 is 1.33 bits per heavy atom. The zero-order valence-electron chi connectivity index (χ0n) is 12.0. The van der Waals surface area contributed by atoms with Crippen molar-refractivity contribution in [3.05, 3.63) is 34.9 Å². The molecule has 1 aromatic rings. The molecule has 1 N–H and O–H groups in total. The second-order valence-corrected chi connectivity index (χ2v) is 6.33. The van der Waals surface area contributed by atoms with Gasteiger partial charge in [-0.1, -0.05) is 23.7 Å². The summed E-state index contributed by atoms with van der Waals surface area (Å²) in [5, 5.41) is 3.54. The van der Waals surface area contributed by atoms with Gasteiger partial charge in [-0.25, -0.2) is 0 Å². The fourth-order valence-electron chi connectivity index (χ4n) is 2.90. The Labute approximate surface area is 129 Å². The summed E-state index contributed by atoms with van der Waals surface area (Å²) >= 11 is 6.04. The third-order valence-corrected chi connectivity index (χ3v) is 4.57. The Morgan fingerprint density at radius 2 is 2.10 bits per heavy atom. The fraction of sp³-hybridized carbons (Fsp3) is 0.500. The van der Waals surface area contributed by atoms with Crippen LogP contribution in [-0.2, 0) is 9.59 Å². The summed E-state index contributed by atoms with van der Waals surface area (Å²) in [4.78, 5) is 26.4. The van der Waals surface area contributed by atoms with Gasteiger partial charge in [0.05, 0.1) is 6.04 Å². The van der Waals surface area contributed by atoms with Crippen LogP contribution in [0.3, 0.4) is 0 Å². The lowest BCUT2D eigenvalue weighted by atomic mass is 10.0. The molecule has 112 valence electrons. The van der Waals surface area contributed by atoms with Gasteiger partial charge in [-0.05, 0) is 43.4 Å². The van der Waals surface area contributed by atoms with E-state index in [1.54, 1.807) is 0 Å². The second-order valence-electron chi connectivity index (χ2n) is 5.90. The number of rotatable bonds is 3. The van der Waals surface area contributed by atoms with Gasteiger partial charge in [0.15, 0.2) is 0 Å². The van der Waals surface area contributed by atoms with E-state index in [2.05, 4.69) is 5.32 Å². The van der Waals surface area contributed by atoms with Crippen LogP contribution in [-0.4, -0.2) is 29.3 Å². The highest BCUT2D eigenvalue weighted by Gasteiger charge is 2.42. The molecule has 2 atom stereocenters. The third-order valence-electron chi connectivity index (χ3n) is 4.34. The average molecular weight is 307 g/mol. The van der Waals surface area contributed by atoms with Gasteiger partial charge in [-0.15, -0.1) is 0 Å². The van der Waals surface area contributed by atoms with Crippen LogP contribution in [0.2, 0.25) is 5.02 Å². The van der Waals surface area contributed by atoms with E-state index in [0.29, 0.717) is 23.9 Å². The van der Waals surface area contributed by atoms with Crippen LogP contribution >= 0.6 is 11.6 Å². The van der Waals surface area contributed by atoms with Crippen LogP contribution in [0.15, 0.2) is 24.3 Å². The Morgan fingerprint density at radius 3 is 2.76 bits per heavy atom. The van der Waals surface area contributed by atoms with Crippen molar-refractivity contribution >= 4 is 23.4 Å². The number of carbonyl (C=O) groups is 2. The summed E-state index contributed by atoms with van der Waals surface area (Å²) in [5.41, 5.74) is 1.000. The maximum absolute atomic E-state index is 12.8. The third kappa shape index (κ3) is 3.05. The molecule has 4 nitrogen and oxygen atoms in total. The average Bonchev–Trinajstić information content (AvgIpc) is 3.28. The van der Waals surface area contributed by atoms with Gasteiger partial charge in [0.25, 0.3) is 0 Å². The normalized spacial score (nSPS) is 24.5. The summed E-state index contributed by atoms with van der Waals surface area (Å²) in [5.74, 6) is 0.325. The number of hydrogen-bond acceptors (Lipinski definition) is 2. The van der Waals surface area contributed by atoms with Gasteiger partial charge in [0, 0.05) is 18.0 Å². The molecule has 21 heavy (non-hydrogen) atoms. The molecule has 1 aromatic carbocycles. The minimum absolute atomic E-state index is 0.0268. The maximum Gasteiger partial charge on any atom is 0.245 e. The van der Waals surface area contributed by atoms with Crippen molar-refractivity contribution < 1.29 is 9.59 Å². The first-order valence-corrected chi connectivity index (χ1v) is 7.79. The Bertz CT molecular complexity index is 571. The molecule has 1 aliphatic carbocycles. The highest BCUT2D eigenvalue weighted by Crippen LogP contribution is 2.35. The molecular weight excluding hydrogens is 288 g/mol. The van der Waals surface area contributed by atoms with Crippen molar-refractivity contribution in [3.8, 4) is 0 Å². The molecule has 2 aliphatic rings. The summed E-state index contributed by atoms with van der Waals surface area (Å²) in [7, 11) is 0. The summed E-state index contributed by atoms with van der Waals surface area (Å²) in [6.07, 6.45) is 2.41. The molecule has 1 saturated carbocycles. The number of amides is 2. The quantitative estimate of drug-likeness (QED) is 0.933. The van der Waals surface area contributed by atoms with Gasteiger partial charge in [0.1, 0.15) is 6.04 Å². The first-order chi connectivity index (χ1) is 10.1. The minimum Gasteiger partial charge on any atom is -0.344 e. The lowest BCUT2D eigenvalue weighted by molar-refractivity contribution is -0.136. The van der Waals surface area contributed by atoms with Gasteiger partial charge in [0.2, 0.25) is 11.8 Å². The standard InChI is InChI=1S/C16H19ClN2O2/c1-10(12-3-2-4-13(17)9-12)19-8-7-14(20)18-15(16(19)21)11-5-6-11/h2-4,9-11,15H,5-8H2,1H3,(H,18,20). The van der Waals surface area contributed by atoms with Crippen LogP contribution in [0.1, 0.15) is 37.8 Å². The number of halogens is 1. The summed E-state index contributed by atoms with van der Waals surface area (Å²) in [6.45, 7) is 2.45. The van der Waals surface area contributed by atoms with Gasteiger partial charge in [-0.3, -0.25) is 9.59 Å². The molecular formula is C16H19ClN2O2.